The predicted octanol–water partition coefficient (Wildman–Crippen LogP) is 4.25. The molecule has 1 N–H and O–H groups in total. The van der Waals surface area contributed by atoms with E-state index in [1.807, 2.05) is 24.4 Å². The van der Waals surface area contributed by atoms with Gasteiger partial charge in [-0.2, -0.15) is 15.3 Å². The largest absolute Gasteiger partial charge is 0.478 e. The number of fused-ring (bicyclic) bond motifs is 2. The number of carboxylic acid groups (broad SMARTS) is 1. The van der Waals surface area contributed by atoms with Gasteiger partial charge < -0.3 is 19.1 Å². The summed E-state index contributed by atoms with van der Waals surface area (Å²) >= 11 is 0. The molecular weight excluding hydrogens is 565 g/mol. The maximum atomic E-state index is 14.3. The van der Waals surface area contributed by atoms with Crippen LogP contribution < -0.4 is 4.74 Å². The van der Waals surface area contributed by atoms with Crippen molar-refractivity contribution in [1.82, 2.24) is 29.2 Å². The molecule has 0 radical (unpaired) electrons. The van der Waals surface area contributed by atoms with E-state index < -0.39 is 11.8 Å². The molecule has 3 aromatic heterocycles. The summed E-state index contributed by atoms with van der Waals surface area (Å²) < 4.78 is 29.6. The number of aromatic carboxylic acids is 1. The van der Waals surface area contributed by atoms with Crippen molar-refractivity contribution in [1.29, 1.82) is 5.26 Å². The van der Waals surface area contributed by atoms with Crippen molar-refractivity contribution in [2.45, 2.75) is 45.2 Å². The van der Waals surface area contributed by atoms with Crippen LogP contribution >= 0.6 is 0 Å². The van der Waals surface area contributed by atoms with Crippen molar-refractivity contribution >= 4 is 17.0 Å². The van der Waals surface area contributed by atoms with E-state index in [0.29, 0.717) is 36.9 Å². The van der Waals surface area contributed by atoms with Crippen molar-refractivity contribution in [3.05, 3.63) is 100 Å². The zero-order chi connectivity index (χ0) is 30.2. The summed E-state index contributed by atoms with van der Waals surface area (Å²) in [4.78, 5) is 23.4. The number of rotatable bonds is 9. The molecule has 0 amide bonds. The minimum atomic E-state index is -0.964. The highest BCUT2D eigenvalue weighted by Gasteiger charge is 2.26. The van der Waals surface area contributed by atoms with Crippen LogP contribution in [-0.4, -0.2) is 59.5 Å². The molecule has 44 heavy (non-hydrogen) atoms. The van der Waals surface area contributed by atoms with Crippen LogP contribution in [0.1, 0.15) is 45.0 Å². The van der Waals surface area contributed by atoms with E-state index in [4.69, 9.17) is 24.8 Å². The number of halogens is 1. The number of pyridine rings is 1. The van der Waals surface area contributed by atoms with E-state index in [9.17, 15) is 14.3 Å². The minimum absolute atomic E-state index is 0.0200. The van der Waals surface area contributed by atoms with Crippen LogP contribution in [0.5, 0.6) is 5.88 Å². The number of nitrogens with zero attached hydrogens (tertiary/aromatic N) is 7. The second-order valence-corrected chi connectivity index (χ2v) is 11.0. The number of carboxylic acids is 1. The Morgan fingerprint density at radius 2 is 2.07 bits per heavy atom. The fourth-order valence-corrected chi connectivity index (χ4v) is 5.58. The van der Waals surface area contributed by atoms with Crippen LogP contribution in [0.3, 0.4) is 0 Å². The van der Waals surface area contributed by atoms with Crippen LogP contribution in [0.25, 0.3) is 16.9 Å². The Morgan fingerprint density at radius 1 is 1.18 bits per heavy atom. The second kappa shape index (κ2) is 11.5. The molecule has 5 heterocycles. The van der Waals surface area contributed by atoms with E-state index in [2.05, 4.69) is 14.5 Å². The lowest BCUT2D eigenvalue weighted by molar-refractivity contribution is -0.0592. The number of imidazole rings is 1. The Morgan fingerprint density at radius 3 is 2.84 bits per heavy atom. The van der Waals surface area contributed by atoms with E-state index in [1.54, 1.807) is 35.0 Å². The zero-order valence-electron chi connectivity index (χ0n) is 23.7. The molecule has 1 atom stereocenters. The molecule has 11 nitrogen and oxygen atoms in total. The molecule has 1 fully saturated rings. The third-order valence-corrected chi connectivity index (χ3v) is 8.06. The lowest BCUT2D eigenvalue weighted by Crippen LogP contribution is -2.34. The van der Waals surface area contributed by atoms with Gasteiger partial charge in [-0.3, -0.25) is 4.90 Å². The predicted molar refractivity (Wildman–Crippen MR) is 156 cm³/mol. The van der Waals surface area contributed by atoms with Gasteiger partial charge in [-0.25, -0.2) is 18.9 Å². The van der Waals surface area contributed by atoms with Gasteiger partial charge in [-0.05, 0) is 42.8 Å². The quantitative estimate of drug-likeness (QED) is 0.266. The summed E-state index contributed by atoms with van der Waals surface area (Å²) in [5, 5.41) is 23.3. The Hall–Kier alpha value is -5.12. The maximum Gasteiger partial charge on any atom is 0.335 e. The number of ether oxygens (including phenoxy) is 2. The van der Waals surface area contributed by atoms with Gasteiger partial charge in [0, 0.05) is 49.5 Å². The Balaban J connectivity index is 1.07. The first-order chi connectivity index (χ1) is 21.4. The summed E-state index contributed by atoms with van der Waals surface area (Å²) in [6, 6.07) is 16.6. The molecule has 0 aliphatic carbocycles. The Kier molecular flexibility index (Phi) is 7.25. The number of carbonyl (C=O) groups is 1. The van der Waals surface area contributed by atoms with Gasteiger partial charge in [0.1, 0.15) is 18.2 Å². The van der Waals surface area contributed by atoms with E-state index in [1.165, 1.54) is 12.1 Å². The first-order valence-electron chi connectivity index (χ1n) is 14.4. The topological polar surface area (TPSA) is 131 Å². The summed E-state index contributed by atoms with van der Waals surface area (Å²) in [6.45, 7) is 3.42. The highest BCUT2D eigenvalue weighted by Crippen LogP contribution is 2.26. The van der Waals surface area contributed by atoms with E-state index in [0.717, 1.165) is 54.1 Å². The Bertz CT molecular complexity index is 1920. The van der Waals surface area contributed by atoms with Crippen LogP contribution in [0, 0.1) is 17.1 Å². The maximum absolute atomic E-state index is 14.3. The Labute approximate surface area is 251 Å². The first-order valence-corrected chi connectivity index (χ1v) is 14.4. The summed E-state index contributed by atoms with van der Waals surface area (Å²) in [6.07, 6.45) is 3.79. The first kappa shape index (κ1) is 27.7. The highest BCUT2D eigenvalue weighted by atomic mass is 19.1. The van der Waals surface area contributed by atoms with Crippen molar-refractivity contribution in [3.8, 4) is 17.8 Å². The number of nitriles is 1. The molecule has 12 heteroatoms. The molecule has 0 bridgehead atoms. The number of hydrogen-bond donors (Lipinski definition) is 1. The summed E-state index contributed by atoms with van der Waals surface area (Å²) in [5.41, 5.74) is 4.48. The summed E-state index contributed by atoms with van der Waals surface area (Å²) in [7, 11) is 0. The van der Waals surface area contributed by atoms with Crippen molar-refractivity contribution < 1.29 is 23.8 Å². The average Bonchev–Trinajstić information content (AvgIpc) is 3.58. The standard InChI is InChI=1S/C32H28FN7O4/c33-25-12-20(14-34)4-5-22(25)19-44-31-3-1-2-29(36-31)40-16-23-15-38(10-8-26(23)37-40)18-30-35-27-7-6-21(32(41)42)13-28(27)39(30)17-24-9-11-43-24/h1-7,12-13,16,24H,8-11,15,17-19H2,(H,41,42)/t24-/m0/s1. The molecule has 222 valence electrons. The van der Waals surface area contributed by atoms with Gasteiger partial charge in [-0.1, -0.05) is 12.1 Å². The van der Waals surface area contributed by atoms with Crippen molar-refractivity contribution in [3.63, 3.8) is 0 Å². The SMILES string of the molecule is N#Cc1ccc(COc2cccc(-n3cc4c(n3)CCN(Cc3nc5ccc(C(=O)O)cc5n3C[C@@H]3CCO3)C4)n2)c(F)c1. The van der Waals surface area contributed by atoms with Gasteiger partial charge >= 0.3 is 5.97 Å². The van der Waals surface area contributed by atoms with Crippen LogP contribution in [0.2, 0.25) is 0 Å². The molecule has 0 unspecified atom stereocenters. The molecule has 0 saturated carbocycles. The molecule has 0 spiro atoms. The third-order valence-electron chi connectivity index (χ3n) is 8.06. The number of aromatic nitrogens is 5. The molecule has 7 rings (SSSR count). The van der Waals surface area contributed by atoms with Crippen LogP contribution in [-0.2, 0) is 37.4 Å². The monoisotopic (exact) mass is 593 g/mol. The van der Waals surface area contributed by atoms with Gasteiger partial charge in [0.15, 0.2) is 5.82 Å². The minimum Gasteiger partial charge on any atom is -0.478 e. The molecule has 2 aliphatic rings. The number of benzene rings is 2. The molecule has 2 aliphatic heterocycles. The number of hydrogen-bond acceptors (Lipinski definition) is 8. The fraction of sp³-hybridized carbons (Fsp3) is 0.281. The lowest BCUT2D eigenvalue weighted by Gasteiger charge is -2.29. The normalized spacial score (nSPS) is 16.3. The average molecular weight is 594 g/mol. The van der Waals surface area contributed by atoms with Crippen molar-refractivity contribution in [2.24, 2.45) is 0 Å². The molecule has 5 aromatic rings. The molecular formula is C32H28FN7O4. The van der Waals surface area contributed by atoms with E-state index in [-0.39, 0.29) is 23.8 Å². The lowest BCUT2D eigenvalue weighted by atomic mass is 10.1. The van der Waals surface area contributed by atoms with E-state index >= 15 is 0 Å². The summed E-state index contributed by atoms with van der Waals surface area (Å²) in [5.74, 6) is 0.330. The van der Waals surface area contributed by atoms with Gasteiger partial charge in [0.25, 0.3) is 0 Å². The third kappa shape index (κ3) is 5.50. The molecule has 1 saturated heterocycles. The van der Waals surface area contributed by atoms with Crippen LogP contribution in [0.4, 0.5) is 4.39 Å². The van der Waals surface area contributed by atoms with Gasteiger partial charge in [0.2, 0.25) is 5.88 Å². The van der Waals surface area contributed by atoms with Crippen molar-refractivity contribution in [2.75, 3.05) is 13.2 Å². The highest BCUT2D eigenvalue weighted by molar-refractivity contribution is 5.92. The second-order valence-electron chi connectivity index (χ2n) is 11.0. The zero-order valence-corrected chi connectivity index (χ0v) is 23.7. The van der Waals surface area contributed by atoms with Gasteiger partial charge in [0.05, 0.1) is 53.1 Å². The van der Waals surface area contributed by atoms with Crippen LogP contribution in [0.15, 0.2) is 60.8 Å². The fourth-order valence-electron chi connectivity index (χ4n) is 5.58. The molecule has 2 aromatic carbocycles. The smallest absolute Gasteiger partial charge is 0.335 e. The van der Waals surface area contributed by atoms with Gasteiger partial charge in [-0.15, -0.1) is 0 Å².